The van der Waals surface area contributed by atoms with Crippen molar-refractivity contribution in [3.05, 3.63) is 59.2 Å². The number of aromatic nitrogens is 2. The van der Waals surface area contributed by atoms with Crippen molar-refractivity contribution in [2.24, 2.45) is 0 Å². The third-order valence-electron chi connectivity index (χ3n) is 2.94. The monoisotopic (exact) mass is 227 g/mol. The van der Waals surface area contributed by atoms with Crippen LogP contribution in [-0.2, 0) is 13.1 Å². The number of rotatable bonds is 2. The van der Waals surface area contributed by atoms with Crippen LogP contribution in [0.3, 0.4) is 0 Å². The summed E-state index contributed by atoms with van der Waals surface area (Å²) in [6.45, 7) is 1.57. The van der Waals surface area contributed by atoms with Crippen molar-refractivity contribution in [1.29, 1.82) is 0 Å². The summed E-state index contributed by atoms with van der Waals surface area (Å²) in [5, 5.41) is 13.4. The maximum Gasteiger partial charge on any atom is 0.161 e. The lowest BCUT2D eigenvalue weighted by Gasteiger charge is -2.10. The van der Waals surface area contributed by atoms with E-state index in [1.54, 1.807) is 6.20 Å². The van der Waals surface area contributed by atoms with E-state index in [2.05, 4.69) is 15.3 Å². The largest absolute Gasteiger partial charge is 0.380 e. The number of benzene rings is 1. The van der Waals surface area contributed by atoms with Crippen LogP contribution in [-0.4, -0.2) is 15.1 Å². The van der Waals surface area contributed by atoms with Gasteiger partial charge in [-0.3, -0.25) is 0 Å². The Morgan fingerprint density at radius 1 is 1.18 bits per heavy atom. The van der Waals surface area contributed by atoms with Gasteiger partial charge in [-0.1, -0.05) is 30.3 Å². The van der Waals surface area contributed by atoms with E-state index in [0.717, 1.165) is 29.9 Å². The van der Waals surface area contributed by atoms with Gasteiger partial charge >= 0.3 is 0 Å². The normalized spacial score (nSPS) is 15.6. The molecular formula is C13H13N3O. The molecule has 86 valence electrons. The van der Waals surface area contributed by atoms with Gasteiger partial charge in [0.2, 0.25) is 0 Å². The van der Waals surface area contributed by atoms with Gasteiger partial charge in [-0.05, 0) is 5.56 Å². The maximum absolute atomic E-state index is 10.2. The molecule has 2 N–H and O–H groups in total. The summed E-state index contributed by atoms with van der Waals surface area (Å²) in [7, 11) is 0. The fraction of sp³-hybridized carbons (Fsp3) is 0.231. The number of aliphatic hydroxyl groups is 1. The summed E-state index contributed by atoms with van der Waals surface area (Å²) >= 11 is 0. The molecule has 0 spiro atoms. The van der Waals surface area contributed by atoms with Gasteiger partial charge in [0.1, 0.15) is 6.10 Å². The second-order valence-corrected chi connectivity index (χ2v) is 4.12. The standard InChI is InChI=1S/C13H13N3O/c17-12(9-4-2-1-3-5-9)13-15-7-10-6-14-8-11(10)16-13/h1-5,7,12,14,17H,6,8H2. The first kappa shape index (κ1) is 10.4. The molecule has 0 amide bonds. The third-order valence-corrected chi connectivity index (χ3v) is 2.94. The predicted octanol–water partition coefficient (Wildman–Crippen LogP) is 1.16. The average molecular weight is 227 g/mol. The third kappa shape index (κ3) is 1.92. The van der Waals surface area contributed by atoms with Crippen molar-refractivity contribution in [2.45, 2.75) is 19.2 Å². The van der Waals surface area contributed by atoms with Crippen LogP contribution in [0.4, 0.5) is 0 Å². The minimum Gasteiger partial charge on any atom is -0.380 e. The molecule has 17 heavy (non-hydrogen) atoms. The van der Waals surface area contributed by atoms with E-state index in [9.17, 15) is 5.11 Å². The van der Waals surface area contributed by atoms with Crippen molar-refractivity contribution >= 4 is 0 Å². The Labute approximate surface area is 99.4 Å². The zero-order chi connectivity index (χ0) is 11.7. The van der Waals surface area contributed by atoms with E-state index in [4.69, 9.17) is 0 Å². The number of nitrogens with zero attached hydrogens (tertiary/aromatic N) is 2. The highest BCUT2D eigenvalue weighted by Crippen LogP contribution is 2.20. The highest BCUT2D eigenvalue weighted by Gasteiger charge is 2.17. The molecule has 4 nitrogen and oxygen atoms in total. The molecule has 0 saturated carbocycles. The summed E-state index contributed by atoms with van der Waals surface area (Å²) in [4.78, 5) is 8.63. The fourth-order valence-electron chi connectivity index (χ4n) is 1.99. The maximum atomic E-state index is 10.2. The van der Waals surface area contributed by atoms with Crippen LogP contribution >= 0.6 is 0 Å². The molecule has 0 fully saturated rings. The first-order valence-electron chi connectivity index (χ1n) is 5.63. The molecule has 3 rings (SSSR count). The average Bonchev–Trinajstić information content (AvgIpc) is 2.86. The molecule has 1 unspecified atom stereocenters. The number of hydrogen-bond acceptors (Lipinski definition) is 4. The quantitative estimate of drug-likeness (QED) is 0.808. The lowest BCUT2D eigenvalue weighted by molar-refractivity contribution is 0.209. The SMILES string of the molecule is OC(c1ccccc1)c1ncc2c(n1)CNC2. The molecule has 1 aliphatic rings. The van der Waals surface area contributed by atoms with Crippen LogP contribution in [0.5, 0.6) is 0 Å². The first-order chi connectivity index (χ1) is 8.34. The van der Waals surface area contributed by atoms with E-state index in [1.165, 1.54) is 0 Å². The zero-order valence-electron chi connectivity index (χ0n) is 9.30. The van der Waals surface area contributed by atoms with Gasteiger partial charge in [0.25, 0.3) is 0 Å². The molecular weight excluding hydrogens is 214 g/mol. The van der Waals surface area contributed by atoms with Crippen molar-refractivity contribution in [2.75, 3.05) is 0 Å². The summed E-state index contributed by atoms with van der Waals surface area (Å²) in [5.74, 6) is 0.471. The van der Waals surface area contributed by atoms with Crippen molar-refractivity contribution in [1.82, 2.24) is 15.3 Å². The topological polar surface area (TPSA) is 58.0 Å². The van der Waals surface area contributed by atoms with Gasteiger partial charge in [0.15, 0.2) is 5.82 Å². The fourth-order valence-corrected chi connectivity index (χ4v) is 1.99. The Hall–Kier alpha value is -1.78. The molecule has 1 aromatic heterocycles. The van der Waals surface area contributed by atoms with Gasteiger partial charge < -0.3 is 10.4 Å². The highest BCUT2D eigenvalue weighted by atomic mass is 16.3. The molecule has 0 radical (unpaired) electrons. The van der Waals surface area contributed by atoms with E-state index >= 15 is 0 Å². The number of fused-ring (bicyclic) bond motifs is 1. The molecule has 4 heteroatoms. The number of hydrogen-bond donors (Lipinski definition) is 2. The van der Waals surface area contributed by atoms with E-state index in [-0.39, 0.29) is 0 Å². The minimum atomic E-state index is -0.748. The summed E-state index contributed by atoms with van der Waals surface area (Å²) < 4.78 is 0. The van der Waals surface area contributed by atoms with Crippen molar-refractivity contribution in [3.63, 3.8) is 0 Å². The summed E-state index contributed by atoms with van der Waals surface area (Å²) in [6.07, 6.45) is 1.05. The molecule has 0 bridgehead atoms. The van der Waals surface area contributed by atoms with Gasteiger partial charge in [-0.2, -0.15) is 0 Å². The molecule has 0 aliphatic carbocycles. The number of aliphatic hydroxyl groups excluding tert-OH is 1. The molecule has 1 aliphatic heterocycles. The van der Waals surface area contributed by atoms with Crippen LogP contribution in [0.2, 0.25) is 0 Å². The van der Waals surface area contributed by atoms with E-state index in [0.29, 0.717) is 5.82 Å². The zero-order valence-corrected chi connectivity index (χ0v) is 9.30. The minimum absolute atomic E-state index is 0.471. The predicted molar refractivity (Wildman–Crippen MR) is 63.1 cm³/mol. The first-order valence-corrected chi connectivity index (χ1v) is 5.63. The van der Waals surface area contributed by atoms with Crippen LogP contribution < -0.4 is 5.32 Å². The van der Waals surface area contributed by atoms with Gasteiger partial charge in [-0.25, -0.2) is 9.97 Å². The molecule has 1 aromatic carbocycles. The van der Waals surface area contributed by atoms with Gasteiger partial charge in [0, 0.05) is 24.8 Å². The van der Waals surface area contributed by atoms with Crippen LogP contribution in [0.15, 0.2) is 36.5 Å². The Balaban J connectivity index is 1.94. The summed E-state index contributed by atoms with van der Waals surface area (Å²) in [6, 6.07) is 9.46. The second-order valence-electron chi connectivity index (χ2n) is 4.12. The Morgan fingerprint density at radius 2 is 2.00 bits per heavy atom. The van der Waals surface area contributed by atoms with Gasteiger partial charge in [0.05, 0.1) is 5.69 Å². The second kappa shape index (κ2) is 4.24. The Morgan fingerprint density at radius 3 is 2.82 bits per heavy atom. The lowest BCUT2D eigenvalue weighted by atomic mass is 10.1. The van der Waals surface area contributed by atoms with E-state index in [1.807, 2.05) is 30.3 Å². The Bertz CT molecular complexity index is 527. The van der Waals surface area contributed by atoms with Crippen LogP contribution in [0.1, 0.15) is 28.7 Å². The van der Waals surface area contributed by atoms with Crippen molar-refractivity contribution in [3.8, 4) is 0 Å². The van der Waals surface area contributed by atoms with Crippen LogP contribution in [0.25, 0.3) is 0 Å². The molecule has 2 heterocycles. The lowest BCUT2D eigenvalue weighted by Crippen LogP contribution is -2.07. The molecule has 0 saturated heterocycles. The molecule has 2 aromatic rings. The molecule has 1 atom stereocenters. The van der Waals surface area contributed by atoms with Crippen molar-refractivity contribution < 1.29 is 5.11 Å². The van der Waals surface area contributed by atoms with Gasteiger partial charge in [-0.15, -0.1) is 0 Å². The highest BCUT2D eigenvalue weighted by molar-refractivity contribution is 5.26. The van der Waals surface area contributed by atoms with Crippen LogP contribution in [0, 0.1) is 0 Å². The summed E-state index contributed by atoms with van der Waals surface area (Å²) in [5.41, 5.74) is 2.93. The Kier molecular flexibility index (Phi) is 2.59. The van der Waals surface area contributed by atoms with E-state index < -0.39 is 6.10 Å². The smallest absolute Gasteiger partial charge is 0.161 e. The number of nitrogens with one attached hydrogen (secondary N) is 1.